The van der Waals surface area contributed by atoms with Crippen LogP contribution in [0, 0.1) is 0 Å². The number of hydrogen-bond acceptors (Lipinski definition) is 5. The largest absolute Gasteiger partial charge is 0.325 e. The molecule has 0 bridgehead atoms. The number of amides is 1. The molecule has 30 heavy (non-hydrogen) atoms. The molecule has 1 N–H and O–H groups in total. The Kier molecular flexibility index (Phi) is 6.58. The Morgan fingerprint density at radius 2 is 1.97 bits per heavy atom. The van der Waals surface area contributed by atoms with E-state index in [1.54, 1.807) is 0 Å². The number of hydrogen-bond donors (Lipinski definition) is 1. The van der Waals surface area contributed by atoms with Crippen molar-refractivity contribution in [1.29, 1.82) is 0 Å². The Morgan fingerprint density at radius 1 is 1.20 bits per heavy atom. The molecule has 0 atom stereocenters. The zero-order valence-corrected chi connectivity index (χ0v) is 19.4. The van der Waals surface area contributed by atoms with Crippen molar-refractivity contribution in [2.45, 2.75) is 64.1 Å². The van der Waals surface area contributed by atoms with E-state index in [1.165, 1.54) is 52.6 Å². The molecular weight excluding hydrogens is 412 g/mol. The number of carbonyl (C=O) groups is 1. The van der Waals surface area contributed by atoms with E-state index in [4.69, 9.17) is 0 Å². The quantitative estimate of drug-likeness (QED) is 0.475. The van der Waals surface area contributed by atoms with E-state index in [9.17, 15) is 4.79 Å². The lowest BCUT2D eigenvalue weighted by Gasteiger charge is -2.13. The predicted molar refractivity (Wildman–Crippen MR) is 126 cm³/mol. The van der Waals surface area contributed by atoms with Gasteiger partial charge in [0.2, 0.25) is 5.91 Å². The van der Waals surface area contributed by atoms with E-state index in [1.807, 2.05) is 23.5 Å². The third-order valence-electron chi connectivity index (χ3n) is 5.53. The van der Waals surface area contributed by atoms with E-state index in [2.05, 4.69) is 58.4 Å². The highest BCUT2D eigenvalue weighted by atomic mass is 32.2. The standard InChI is InChI=1S/C23H28N4OS2/c1-4-27-22(19-13-29-20-8-6-5-7-18(19)20)25-26-23(27)30-14-21(28)24-17-11-9-16(10-12-17)15(2)3/h9-13,15H,4-8,14H2,1-3H3,(H,24,28). The molecule has 4 rings (SSSR count). The molecule has 1 aromatic carbocycles. The number of aromatic nitrogens is 3. The molecule has 3 aromatic rings. The molecule has 0 unspecified atom stereocenters. The molecule has 1 amide bonds. The predicted octanol–water partition coefficient (Wildman–Crippen LogP) is 5.76. The van der Waals surface area contributed by atoms with Crippen molar-refractivity contribution in [3.8, 4) is 11.4 Å². The average Bonchev–Trinajstić information content (AvgIpc) is 3.36. The number of benzene rings is 1. The second kappa shape index (κ2) is 9.35. The van der Waals surface area contributed by atoms with Gasteiger partial charge in [-0.2, -0.15) is 0 Å². The van der Waals surface area contributed by atoms with Gasteiger partial charge in [0, 0.05) is 28.1 Å². The highest BCUT2D eigenvalue weighted by Crippen LogP contribution is 2.36. The van der Waals surface area contributed by atoms with Crippen molar-refractivity contribution in [3.63, 3.8) is 0 Å². The fraction of sp³-hybridized carbons (Fsp3) is 0.435. The van der Waals surface area contributed by atoms with Gasteiger partial charge in [-0.25, -0.2) is 0 Å². The second-order valence-corrected chi connectivity index (χ2v) is 9.83. The monoisotopic (exact) mass is 440 g/mol. The molecule has 2 heterocycles. The summed E-state index contributed by atoms with van der Waals surface area (Å²) in [7, 11) is 0. The molecule has 0 saturated heterocycles. The van der Waals surface area contributed by atoms with Gasteiger partial charge in [0.25, 0.3) is 0 Å². The summed E-state index contributed by atoms with van der Waals surface area (Å²) in [5.41, 5.74) is 4.77. The van der Waals surface area contributed by atoms with Crippen molar-refractivity contribution in [3.05, 3.63) is 45.6 Å². The molecule has 2 aromatic heterocycles. The summed E-state index contributed by atoms with van der Waals surface area (Å²) in [6.07, 6.45) is 4.84. The fourth-order valence-electron chi connectivity index (χ4n) is 3.84. The SMILES string of the molecule is CCn1c(SCC(=O)Nc2ccc(C(C)C)cc2)nnc1-c1csc2c1CCCC2. The van der Waals surface area contributed by atoms with Crippen LogP contribution in [0.3, 0.4) is 0 Å². The van der Waals surface area contributed by atoms with Crippen LogP contribution < -0.4 is 5.32 Å². The molecule has 0 saturated carbocycles. The van der Waals surface area contributed by atoms with Crippen molar-refractivity contribution in [1.82, 2.24) is 14.8 Å². The Hall–Kier alpha value is -2.12. The first kappa shape index (κ1) is 21.1. The maximum atomic E-state index is 12.4. The van der Waals surface area contributed by atoms with Gasteiger partial charge < -0.3 is 9.88 Å². The van der Waals surface area contributed by atoms with Crippen LogP contribution in [0.5, 0.6) is 0 Å². The molecular formula is C23H28N4OS2. The van der Waals surface area contributed by atoms with Gasteiger partial charge in [0.05, 0.1) is 5.75 Å². The van der Waals surface area contributed by atoms with Crippen molar-refractivity contribution < 1.29 is 4.79 Å². The minimum atomic E-state index is -0.0302. The van der Waals surface area contributed by atoms with Gasteiger partial charge >= 0.3 is 0 Å². The van der Waals surface area contributed by atoms with E-state index in [-0.39, 0.29) is 5.91 Å². The molecule has 1 aliphatic carbocycles. The van der Waals surface area contributed by atoms with E-state index < -0.39 is 0 Å². The number of nitrogens with one attached hydrogen (secondary N) is 1. The zero-order valence-electron chi connectivity index (χ0n) is 17.8. The molecule has 0 aliphatic heterocycles. The number of aryl methyl sites for hydroxylation is 1. The topological polar surface area (TPSA) is 59.8 Å². The number of carbonyl (C=O) groups excluding carboxylic acids is 1. The van der Waals surface area contributed by atoms with Crippen molar-refractivity contribution in [2.75, 3.05) is 11.1 Å². The second-order valence-electron chi connectivity index (χ2n) is 7.92. The lowest BCUT2D eigenvalue weighted by atomic mass is 9.96. The Balaban J connectivity index is 1.43. The Morgan fingerprint density at radius 3 is 2.70 bits per heavy atom. The van der Waals surface area contributed by atoms with E-state index >= 15 is 0 Å². The third-order valence-corrected chi connectivity index (χ3v) is 7.58. The van der Waals surface area contributed by atoms with E-state index in [0.29, 0.717) is 11.7 Å². The van der Waals surface area contributed by atoms with Gasteiger partial charge in [-0.3, -0.25) is 4.79 Å². The first-order chi connectivity index (χ1) is 14.6. The van der Waals surface area contributed by atoms with Crippen LogP contribution in [0.15, 0.2) is 34.8 Å². The summed E-state index contributed by atoms with van der Waals surface area (Å²) in [6, 6.07) is 8.05. The number of anilines is 1. The first-order valence-corrected chi connectivity index (χ1v) is 12.5. The van der Waals surface area contributed by atoms with Crippen LogP contribution in [-0.2, 0) is 24.2 Å². The fourth-order valence-corrected chi connectivity index (χ4v) is 5.77. The van der Waals surface area contributed by atoms with Crippen molar-refractivity contribution >= 4 is 34.7 Å². The smallest absolute Gasteiger partial charge is 0.234 e. The molecule has 1 aliphatic rings. The molecule has 158 valence electrons. The van der Waals surface area contributed by atoms with Gasteiger partial charge in [0.15, 0.2) is 11.0 Å². The van der Waals surface area contributed by atoms with Crippen LogP contribution in [0.25, 0.3) is 11.4 Å². The highest BCUT2D eigenvalue weighted by molar-refractivity contribution is 7.99. The first-order valence-electron chi connectivity index (χ1n) is 10.6. The number of nitrogens with zero attached hydrogens (tertiary/aromatic N) is 3. The molecule has 0 fully saturated rings. The lowest BCUT2D eigenvalue weighted by molar-refractivity contribution is -0.113. The van der Waals surface area contributed by atoms with Gasteiger partial charge in [-0.15, -0.1) is 21.5 Å². The Labute approximate surface area is 186 Å². The van der Waals surface area contributed by atoms with E-state index in [0.717, 1.165) is 29.6 Å². The molecule has 0 spiro atoms. The number of rotatable bonds is 7. The Bertz CT molecular complexity index is 1020. The summed E-state index contributed by atoms with van der Waals surface area (Å²) in [6.45, 7) is 7.21. The number of thioether (sulfide) groups is 1. The lowest BCUT2D eigenvalue weighted by Crippen LogP contribution is -2.14. The summed E-state index contributed by atoms with van der Waals surface area (Å²) in [5.74, 6) is 1.70. The molecule has 7 heteroatoms. The maximum Gasteiger partial charge on any atom is 0.234 e. The molecule has 5 nitrogen and oxygen atoms in total. The van der Waals surface area contributed by atoms with Crippen LogP contribution in [-0.4, -0.2) is 26.4 Å². The summed E-state index contributed by atoms with van der Waals surface area (Å²) in [5, 5.41) is 14.9. The minimum Gasteiger partial charge on any atom is -0.325 e. The average molecular weight is 441 g/mol. The summed E-state index contributed by atoms with van der Waals surface area (Å²) >= 11 is 3.29. The van der Waals surface area contributed by atoms with Gasteiger partial charge in [0.1, 0.15) is 0 Å². The summed E-state index contributed by atoms with van der Waals surface area (Å²) < 4.78 is 2.13. The summed E-state index contributed by atoms with van der Waals surface area (Å²) in [4.78, 5) is 13.9. The van der Waals surface area contributed by atoms with Gasteiger partial charge in [-0.1, -0.05) is 37.7 Å². The number of fused-ring (bicyclic) bond motifs is 1. The molecule has 0 radical (unpaired) electrons. The van der Waals surface area contributed by atoms with Crippen LogP contribution in [0.4, 0.5) is 5.69 Å². The van der Waals surface area contributed by atoms with Gasteiger partial charge in [-0.05, 0) is 61.8 Å². The van der Waals surface area contributed by atoms with Crippen LogP contribution in [0.2, 0.25) is 0 Å². The zero-order chi connectivity index (χ0) is 21.1. The van der Waals surface area contributed by atoms with Crippen LogP contribution >= 0.6 is 23.1 Å². The van der Waals surface area contributed by atoms with Crippen LogP contribution in [0.1, 0.15) is 55.5 Å². The number of thiophene rings is 1. The normalized spacial score (nSPS) is 13.5. The highest BCUT2D eigenvalue weighted by Gasteiger charge is 2.22. The third kappa shape index (κ3) is 4.47. The maximum absolute atomic E-state index is 12.4. The van der Waals surface area contributed by atoms with Crippen molar-refractivity contribution in [2.24, 2.45) is 0 Å². The minimum absolute atomic E-state index is 0.0302.